The van der Waals surface area contributed by atoms with Crippen molar-refractivity contribution in [1.82, 2.24) is 15.5 Å². The Morgan fingerprint density at radius 2 is 1.86 bits per heavy atom. The number of benzene rings is 1. The summed E-state index contributed by atoms with van der Waals surface area (Å²) in [6.07, 6.45) is 5.50. The minimum absolute atomic E-state index is 0.185. The van der Waals surface area contributed by atoms with Crippen LogP contribution in [0, 0.1) is 0 Å². The molecule has 1 unspecified atom stereocenters. The monoisotopic (exact) mass is 402 g/mol. The van der Waals surface area contributed by atoms with Crippen molar-refractivity contribution in [3.8, 4) is 0 Å². The maximum Gasteiger partial charge on any atom is 0.321 e. The van der Waals surface area contributed by atoms with Crippen LogP contribution in [0.5, 0.6) is 0 Å². The van der Waals surface area contributed by atoms with E-state index in [-0.39, 0.29) is 18.0 Å². The fraction of sp³-hybridized carbons (Fsp3) is 0.636. The Kier molecular flexibility index (Phi) is 7.89. The first-order chi connectivity index (χ1) is 14.0. The molecule has 3 amide bonds. The Balaban J connectivity index is 1.53. The smallest absolute Gasteiger partial charge is 0.321 e. The summed E-state index contributed by atoms with van der Waals surface area (Å²) >= 11 is 0. The molecular weight excluding hydrogens is 368 g/mol. The summed E-state index contributed by atoms with van der Waals surface area (Å²) in [5, 5.41) is 5.45. The van der Waals surface area contributed by atoms with Crippen LogP contribution in [0.3, 0.4) is 0 Å². The number of hydrogen-bond donors (Lipinski definition) is 2. The lowest BCUT2D eigenvalue weighted by molar-refractivity contribution is -0.124. The molecule has 0 radical (unpaired) electrons. The number of carbonyl (C=O) groups is 2. The number of imide groups is 1. The largest absolute Gasteiger partial charge is 0.378 e. The standard InChI is InChI=1S/C22H34N4O3/c1-17(21(27)24-22(28)23-19-9-4-3-5-10-19)25(2)16-18-8-6-7-11-20(18)26-12-14-29-15-13-26/h6-8,11,17,19H,3-5,9-10,12-16H2,1-2H3,(H2,23,24,27,28). The lowest BCUT2D eigenvalue weighted by Crippen LogP contribution is -2.50. The van der Waals surface area contributed by atoms with E-state index in [0.717, 1.165) is 52.0 Å². The second-order valence-electron chi connectivity index (χ2n) is 8.12. The molecule has 7 nitrogen and oxygen atoms in total. The highest BCUT2D eigenvalue weighted by Gasteiger charge is 2.23. The molecule has 0 aromatic heterocycles. The lowest BCUT2D eigenvalue weighted by atomic mass is 9.96. The van der Waals surface area contributed by atoms with Gasteiger partial charge in [0.2, 0.25) is 5.91 Å². The van der Waals surface area contributed by atoms with E-state index >= 15 is 0 Å². The van der Waals surface area contributed by atoms with E-state index in [9.17, 15) is 9.59 Å². The van der Waals surface area contributed by atoms with Gasteiger partial charge in [0.15, 0.2) is 0 Å². The van der Waals surface area contributed by atoms with Crippen molar-refractivity contribution in [1.29, 1.82) is 0 Å². The quantitative estimate of drug-likeness (QED) is 0.765. The van der Waals surface area contributed by atoms with Crippen LogP contribution >= 0.6 is 0 Å². The first-order valence-corrected chi connectivity index (χ1v) is 10.8. The molecule has 1 aliphatic heterocycles. The molecule has 2 aliphatic rings. The van der Waals surface area contributed by atoms with Gasteiger partial charge >= 0.3 is 6.03 Å². The SMILES string of the molecule is CC(C(=O)NC(=O)NC1CCCCC1)N(C)Cc1ccccc1N1CCOCC1. The predicted molar refractivity (Wildman–Crippen MR) is 114 cm³/mol. The lowest BCUT2D eigenvalue weighted by Gasteiger charge is -2.32. The van der Waals surface area contributed by atoms with Crippen LogP contribution in [0.2, 0.25) is 0 Å². The normalized spacial score (nSPS) is 19.1. The van der Waals surface area contributed by atoms with Gasteiger partial charge in [-0.15, -0.1) is 0 Å². The van der Waals surface area contributed by atoms with Gasteiger partial charge in [0.05, 0.1) is 19.3 Å². The van der Waals surface area contributed by atoms with Crippen molar-refractivity contribution < 1.29 is 14.3 Å². The number of ether oxygens (including phenoxy) is 1. The van der Waals surface area contributed by atoms with E-state index in [4.69, 9.17) is 4.74 Å². The number of rotatable bonds is 6. The highest BCUT2D eigenvalue weighted by Crippen LogP contribution is 2.23. The molecule has 1 atom stereocenters. The van der Waals surface area contributed by atoms with Crippen molar-refractivity contribution in [2.45, 2.75) is 57.7 Å². The van der Waals surface area contributed by atoms with Crippen LogP contribution in [0.25, 0.3) is 0 Å². The van der Waals surface area contributed by atoms with Gasteiger partial charge in [-0.05, 0) is 38.4 Å². The number of urea groups is 1. The molecule has 1 saturated carbocycles. The van der Waals surface area contributed by atoms with E-state index < -0.39 is 6.04 Å². The molecule has 3 rings (SSSR count). The van der Waals surface area contributed by atoms with Crippen LogP contribution in [0.1, 0.15) is 44.6 Å². The molecule has 0 bridgehead atoms. The van der Waals surface area contributed by atoms with Crippen molar-refractivity contribution in [3.05, 3.63) is 29.8 Å². The van der Waals surface area contributed by atoms with Gasteiger partial charge < -0.3 is 15.0 Å². The van der Waals surface area contributed by atoms with Gasteiger partial charge in [-0.1, -0.05) is 37.5 Å². The summed E-state index contributed by atoms with van der Waals surface area (Å²) in [7, 11) is 1.92. The van der Waals surface area contributed by atoms with Gasteiger partial charge in [0.1, 0.15) is 0 Å². The number of nitrogens with one attached hydrogen (secondary N) is 2. The fourth-order valence-corrected chi connectivity index (χ4v) is 4.05. The summed E-state index contributed by atoms with van der Waals surface area (Å²) in [4.78, 5) is 29.1. The highest BCUT2D eigenvalue weighted by atomic mass is 16.5. The Hall–Kier alpha value is -2.12. The number of anilines is 1. The molecule has 1 aromatic rings. The summed E-state index contributed by atoms with van der Waals surface area (Å²) in [6.45, 7) is 5.68. The summed E-state index contributed by atoms with van der Waals surface area (Å²) < 4.78 is 5.46. The molecule has 160 valence electrons. The summed E-state index contributed by atoms with van der Waals surface area (Å²) in [6, 6.07) is 7.68. The third-order valence-corrected chi connectivity index (χ3v) is 5.98. The number of likely N-dealkylation sites (N-methyl/N-ethyl adjacent to an activating group) is 1. The van der Waals surface area contributed by atoms with Crippen LogP contribution in [0.4, 0.5) is 10.5 Å². The second-order valence-corrected chi connectivity index (χ2v) is 8.12. The van der Waals surface area contributed by atoms with Gasteiger partial charge in [-0.3, -0.25) is 15.0 Å². The first-order valence-electron chi connectivity index (χ1n) is 10.8. The Labute approximate surface area is 173 Å². The van der Waals surface area contributed by atoms with E-state index in [1.807, 2.05) is 31.0 Å². The molecular formula is C22H34N4O3. The number of amides is 3. The van der Waals surface area contributed by atoms with Crippen molar-refractivity contribution >= 4 is 17.6 Å². The number of carbonyl (C=O) groups excluding carboxylic acids is 2. The molecule has 2 fully saturated rings. The topological polar surface area (TPSA) is 73.9 Å². The maximum atomic E-state index is 12.6. The van der Waals surface area contributed by atoms with Crippen molar-refractivity contribution in [3.63, 3.8) is 0 Å². The number of nitrogens with zero attached hydrogens (tertiary/aromatic N) is 2. The van der Waals surface area contributed by atoms with Crippen LogP contribution in [-0.2, 0) is 16.1 Å². The predicted octanol–water partition coefficient (Wildman–Crippen LogP) is 2.50. The van der Waals surface area contributed by atoms with Crippen LogP contribution in [-0.4, -0.2) is 62.3 Å². The first kappa shape index (κ1) is 21.6. The van der Waals surface area contributed by atoms with Crippen LogP contribution < -0.4 is 15.5 Å². The summed E-state index contributed by atoms with van der Waals surface area (Å²) in [5.41, 5.74) is 2.36. The van der Waals surface area contributed by atoms with Crippen LogP contribution in [0.15, 0.2) is 24.3 Å². The van der Waals surface area contributed by atoms with Gasteiger partial charge in [-0.25, -0.2) is 4.79 Å². The molecule has 1 heterocycles. The van der Waals surface area contributed by atoms with Gasteiger partial charge in [0.25, 0.3) is 0 Å². The molecule has 0 spiro atoms. The van der Waals surface area contributed by atoms with Crippen molar-refractivity contribution in [2.24, 2.45) is 0 Å². The minimum Gasteiger partial charge on any atom is -0.378 e. The molecule has 7 heteroatoms. The fourth-order valence-electron chi connectivity index (χ4n) is 4.05. The Morgan fingerprint density at radius 3 is 2.59 bits per heavy atom. The third kappa shape index (κ3) is 6.18. The zero-order valence-corrected chi connectivity index (χ0v) is 17.7. The van der Waals surface area contributed by atoms with E-state index in [1.54, 1.807) is 0 Å². The van der Waals surface area contributed by atoms with E-state index in [0.29, 0.717) is 6.54 Å². The molecule has 1 aliphatic carbocycles. The van der Waals surface area contributed by atoms with Gasteiger partial charge in [-0.2, -0.15) is 0 Å². The second kappa shape index (κ2) is 10.6. The Bertz CT molecular complexity index is 684. The average Bonchev–Trinajstić information content (AvgIpc) is 2.74. The molecule has 1 saturated heterocycles. The third-order valence-electron chi connectivity index (χ3n) is 5.98. The van der Waals surface area contributed by atoms with Gasteiger partial charge in [0, 0.05) is 31.4 Å². The number of para-hydroxylation sites is 1. The minimum atomic E-state index is -0.412. The Morgan fingerprint density at radius 1 is 1.17 bits per heavy atom. The number of hydrogen-bond acceptors (Lipinski definition) is 5. The van der Waals surface area contributed by atoms with Crippen molar-refractivity contribution in [2.75, 3.05) is 38.3 Å². The average molecular weight is 403 g/mol. The van der Waals surface area contributed by atoms with E-state index in [1.165, 1.54) is 17.7 Å². The summed E-state index contributed by atoms with van der Waals surface area (Å²) in [5.74, 6) is -0.273. The highest BCUT2D eigenvalue weighted by molar-refractivity contribution is 5.96. The molecule has 2 N–H and O–H groups in total. The molecule has 29 heavy (non-hydrogen) atoms. The number of morpholine rings is 1. The molecule has 1 aromatic carbocycles. The van der Waals surface area contributed by atoms with E-state index in [2.05, 4.69) is 27.7 Å². The zero-order valence-electron chi connectivity index (χ0n) is 17.7. The zero-order chi connectivity index (χ0) is 20.6. The maximum absolute atomic E-state index is 12.6.